The Morgan fingerprint density at radius 1 is 1.00 bits per heavy atom. The van der Waals surface area contributed by atoms with Gasteiger partial charge in [-0.25, -0.2) is 0 Å². The van der Waals surface area contributed by atoms with Crippen molar-refractivity contribution in [1.82, 2.24) is 4.90 Å². The van der Waals surface area contributed by atoms with Gasteiger partial charge in [0, 0.05) is 5.57 Å². The minimum absolute atomic E-state index is 0.00644. The lowest BCUT2D eigenvalue weighted by molar-refractivity contribution is -0.157. The molecule has 4 aliphatic carbocycles. The van der Waals surface area contributed by atoms with Crippen molar-refractivity contribution in [3.05, 3.63) is 12.2 Å². The highest BCUT2D eigenvalue weighted by atomic mass is 16.2. The van der Waals surface area contributed by atoms with Crippen molar-refractivity contribution in [3.8, 4) is 0 Å². The van der Waals surface area contributed by atoms with Crippen LogP contribution < -0.4 is 0 Å². The van der Waals surface area contributed by atoms with E-state index >= 15 is 0 Å². The summed E-state index contributed by atoms with van der Waals surface area (Å²) in [4.78, 5) is 26.0. The van der Waals surface area contributed by atoms with Gasteiger partial charge in [-0.3, -0.25) is 14.5 Å². The Labute approximate surface area is 107 Å². The van der Waals surface area contributed by atoms with E-state index in [0.717, 1.165) is 37.0 Å². The Morgan fingerprint density at radius 3 is 1.89 bits per heavy atom. The largest absolute Gasteiger partial charge is 0.274 e. The summed E-state index contributed by atoms with van der Waals surface area (Å²) in [6, 6.07) is 0. The number of likely N-dealkylation sites (tertiary alicyclic amines) is 1. The van der Waals surface area contributed by atoms with E-state index in [2.05, 4.69) is 6.58 Å². The lowest BCUT2D eigenvalue weighted by Gasteiger charge is -2.59. The summed E-state index contributed by atoms with van der Waals surface area (Å²) in [5, 5.41) is 0. The fourth-order valence-electron chi connectivity index (χ4n) is 5.43. The summed E-state index contributed by atoms with van der Waals surface area (Å²) in [7, 11) is 0. The molecule has 0 aromatic carbocycles. The first-order chi connectivity index (χ1) is 8.57. The molecule has 0 aromatic rings. The summed E-state index contributed by atoms with van der Waals surface area (Å²) < 4.78 is 0. The normalized spacial score (nSPS) is 46.3. The van der Waals surface area contributed by atoms with Gasteiger partial charge in [-0.2, -0.15) is 0 Å². The minimum atomic E-state index is -0.123. The van der Waals surface area contributed by atoms with Crippen molar-refractivity contribution < 1.29 is 9.59 Å². The highest BCUT2D eigenvalue weighted by Crippen LogP contribution is 2.58. The SMILES string of the molecule is C=C1CC(=O)N(C23CC4CC(CC(C4)C2)C3)C1=O. The van der Waals surface area contributed by atoms with Crippen molar-refractivity contribution >= 4 is 11.8 Å². The van der Waals surface area contributed by atoms with E-state index < -0.39 is 0 Å². The van der Waals surface area contributed by atoms with E-state index in [1.807, 2.05) is 0 Å². The van der Waals surface area contributed by atoms with Crippen LogP contribution in [0.1, 0.15) is 44.9 Å². The van der Waals surface area contributed by atoms with Gasteiger partial charge in [0.05, 0.1) is 12.0 Å². The van der Waals surface area contributed by atoms with E-state index in [1.165, 1.54) is 19.3 Å². The molecular weight excluding hydrogens is 226 g/mol. The van der Waals surface area contributed by atoms with Gasteiger partial charge in [0.25, 0.3) is 5.91 Å². The van der Waals surface area contributed by atoms with Crippen molar-refractivity contribution in [2.75, 3.05) is 0 Å². The van der Waals surface area contributed by atoms with Crippen molar-refractivity contribution in [2.24, 2.45) is 17.8 Å². The molecule has 0 unspecified atom stereocenters. The van der Waals surface area contributed by atoms with Gasteiger partial charge in [-0.1, -0.05) is 6.58 Å². The quantitative estimate of drug-likeness (QED) is 0.525. The molecule has 5 fully saturated rings. The van der Waals surface area contributed by atoms with E-state index in [0.29, 0.717) is 5.57 Å². The molecule has 96 valence electrons. The zero-order chi connectivity index (χ0) is 12.5. The Kier molecular flexibility index (Phi) is 1.95. The van der Waals surface area contributed by atoms with Gasteiger partial charge < -0.3 is 0 Å². The first-order valence-corrected chi connectivity index (χ1v) is 7.12. The number of carbonyl (C=O) groups excluding carboxylic acids is 2. The second-order valence-electron chi connectivity index (χ2n) is 6.96. The zero-order valence-electron chi connectivity index (χ0n) is 10.7. The van der Waals surface area contributed by atoms with Gasteiger partial charge >= 0.3 is 0 Å². The highest BCUT2D eigenvalue weighted by molar-refractivity contribution is 6.13. The summed E-state index contributed by atoms with van der Waals surface area (Å²) in [6.45, 7) is 3.75. The van der Waals surface area contributed by atoms with Crippen LogP contribution in [0, 0.1) is 17.8 Å². The first-order valence-electron chi connectivity index (χ1n) is 7.12. The number of hydrogen-bond donors (Lipinski definition) is 0. The van der Waals surface area contributed by atoms with E-state index in [-0.39, 0.29) is 23.8 Å². The summed E-state index contributed by atoms with van der Waals surface area (Å²) in [6.07, 6.45) is 7.42. The van der Waals surface area contributed by atoms with Crippen LogP contribution in [-0.2, 0) is 9.59 Å². The predicted octanol–water partition coefficient (Wildman–Crippen LogP) is 2.27. The van der Waals surface area contributed by atoms with Crippen molar-refractivity contribution in [3.63, 3.8) is 0 Å². The molecule has 1 aliphatic heterocycles. The van der Waals surface area contributed by atoms with Crippen LogP contribution in [0.3, 0.4) is 0 Å². The fourth-order valence-corrected chi connectivity index (χ4v) is 5.43. The second kappa shape index (κ2) is 3.25. The fraction of sp³-hybridized carbons (Fsp3) is 0.733. The lowest BCUT2D eigenvalue weighted by Crippen LogP contribution is -2.61. The molecule has 0 spiro atoms. The number of nitrogens with zero attached hydrogens (tertiary/aromatic N) is 1. The maximum atomic E-state index is 12.2. The third-order valence-electron chi connectivity index (χ3n) is 5.60. The molecule has 2 amide bonds. The lowest BCUT2D eigenvalue weighted by atomic mass is 9.52. The van der Waals surface area contributed by atoms with Gasteiger partial charge in [0.2, 0.25) is 5.91 Å². The minimum Gasteiger partial charge on any atom is -0.274 e. The topological polar surface area (TPSA) is 37.4 Å². The zero-order valence-corrected chi connectivity index (χ0v) is 10.7. The molecule has 0 radical (unpaired) electrons. The smallest absolute Gasteiger partial charge is 0.256 e. The molecule has 5 aliphatic rings. The van der Waals surface area contributed by atoms with E-state index in [1.54, 1.807) is 4.90 Å². The standard InChI is InChI=1S/C15H19NO2/c1-9-2-13(17)16(14(9)18)15-6-10-3-11(7-15)5-12(4-10)8-15/h10-12H,1-8H2. The number of imide groups is 1. The summed E-state index contributed by atoms with van der Waals surface area (Å²) in [5.41, 5.74) is 0.373. The summed E-state index contributed by atoms with van der Waals surface area (Å²) in [5.74, 6) is 2.19. The maximum absolute atomic E-state index is 12.2. The molecule has 0 N–H and O–H groups in total. The van der Waals surface area contributed by atoms with E-state index in [9.17, 15) is 9.59 Å². The average Bonchev–Trinajstić information content (AvgIpc) is 2.51. The number of carbonyl (C=O) groups is 2. The third kappa shape index (κ3) is 1.25. The summed E-state index contributed by atoms with van der Waals surface area (Å²) >= 11 is 0. The van der Waals surface area contributed by atoms with Gasteiger partial charge in [0.15, 0.2) is 0 Å². The predicted molar refractivity (Wildman–Crippen MR) is 66.5 cm³/mol. The van der Waals surface area contributed by atoms with Gasteiger partial charge in [-0.05, 0) is 56.3 Å². The molecule has 0 atom stereocenters. The third-order valence-corrected chi connectivity index (χ3v) is 5.60. The molecule has 4 saturated carbocycles. The molecule has 5 rings (SSSR count). The molecule has 4 bridgehead atoms. The maximum Gasteiger partial charge on any atom is 0.256 e. The Hall–Kier alpha value is -1.12. The average molecular weight is 245 g/mol. The molecule has 18 heavy (non-hydrogen) atoms. The van der Waals surface area contributed by atoms with Crippen LogP contribution in [0.2, 0.25) is 0 Å². The van der Waals surface area contributed by atoms with Gasteiger partial charge in [-0.15, -0.1) is 0 Å². The van der Waals surface area contributed by atoms with Crippen LogP contribution >= 0.6 is 0 Å². The van der Waals surface area contributed by atoms with Crippen molar-refractivity contribution in [1.29, 1.82) is 0 Å². The Bertz CT molecular complexity index is 430. The van der Waals surface area contributed by atoms with Crippen LogP contribution in [0.25, 0.3) is 0 Å². The Morgan fingerprint density at radius 2 is 1.50 bits per heavy atom. The number of rotatable bonds is 1. The molecule has 3 heteroatoms. The molecule has 1 saturated heterocycles. The van der Waals surface area contributed by atoms with E-state index in [4.69, 9.17) is 0 Å². The monoisotopic (exact) mass is 245 g/mol. The molecular formula is C15H19NO2. The second-order valence-corrected chi connectivity index (χ2v) is 6.96. The van der Waals surface area contributed by atoms with Crippen molar-refractivity contribution in [2.45, 2.75) is 50.5 Å². The number of hydrogen-bond acceptors (Lipinski definition) is 2. The van der Waals surface area contributed by atoms with Crippen LogP contribution in [0.15, 0.2) is 12.2 Å². The van der Waals surface area contributed by atoms with Crippen LogP contribution in [-0.4, -0.2) is 22.3 Å². The van der Waals surface area contributed by atoms with Crippen LogP contribution in [0.4, 0.5) is 0 Å². The van der Waals surface area contributed by atoms with Gasteiger partial charge in [0.1, 0.15) is 0 Å². The molecule has 3 nitrogen and oxygen atoms in total. The first kappa shape index (κ1) is 10.8. The molecule has 0 aromatic heterocycles. The Balaban J connectivity index is 1.73. The number of amides is 2. The van der Waals surface area contributed by atoms with Crippen LogP contribution in [0.5, 0.6) is 0 Å². The highest BCUT2D eigenvalue weighted by Gasteiger charge is 2.57. The molecule has 1 heterocycles.